The molecule has 1 heterocycles. The van der Waals surface area contributed by atoms with Gasteiger partial charge in [0.05, 0.1) is 6.61 Å². The smallest absolute Gasteiger partial charge is 0.168 e. The molecule has 1 aromatic heterocycles. The Morgan fingerprint density at radius 2 is 2.00 bits per heavy atom. The second kappa shape index (κ2) is 2.60. The molecule has 1 N–H and O–H groups in total. The Morgan fingerprint density at radius 3 is 2.44 bits per heavy atom. The molecule has 0 saturated carbocycles. The fraction of sp³-hybridized carbons (Fsp3) is 0.286. The molecule has 0 unspecified atom stereocenters. The third kappa shape index (κ3) is 1.50. The summed E-state index contributed by atoms with van der Waals surface area (Å²) >= 11 is 0. The van der Waals surface area contributed by atoms with Crippen molar-refractivity contribution in [3.05, 3.63) is 30.1 Å². The molecule has 0 aromatic carbocycles. The molecule has 9 heavy (non-hydrogen) atoms. The third-order valence-electron chi connectivity index (χ3n) is 1.23. The molecule has 0 saturated heterocycles. The van der Waals surface area contributed by atoms with E-state index in [4.69, 9.17) is 5.11 Å². The van der Waals surface area contributed by atoms with Crippen LogP contribution >= 0.6 is 0 Å². The lowest BCUT2D eigenvalue weighted by Crippen LogP contribution is -2.25. The van der Waals surface area contributed by atoms with E-state index in [0.29, 0.717) is 0 Å². The van der Waals surface area contributed by atoms with Crippen LogP contribution in [0.2, 0.25) is 0 Å². The van der Waals surface area contributed by atoms with Crippen LogP contribution in [0, 0.1) is 0 Å². The molecule has 48 valence electrons. The Labute approximate surface area is 54.4 Å². The van der Waals surface area contributed by atoms with Gasteiger partial charge in [0.2, 0.25) is 0 Å². The average Bonchev–Trinajstić information content (AvgIpc) is 1.90. The molecular formula is C7H10NO+. The number of aliphatic hydroxyl groups excluding tert-OH is 1. The predicted octanol–water partition coefficient (Wildman–Crippen LogP) is 0.00340. The Kier molecular flexibility index (Phi) is 1.80. The van der Waals surface area contributed by atoms with Gasteiger partial charge in [-0.25, -0.2) is 4.57 Å². The van der Waals surface area contributed by atoms with Crippen molar-refractivity contribution in [3.8, 4) is 0 Å². The minimum absolute atomic E-state index is 0.126. The zero-order valence-corrected chi connectivity index (χ0v) is 5.41. The normalized spacial score (nSPS) is 9.56. The molecule has 0 aliphatic rings. The molecule has 0 spiro atoms. The molecule has 0 aliphatic carbocycles. The van der Waals surface area contributed by atoms with Crippen LogP contribution in [0.4, 0.5) is 0 Å². The molecule has 1 aromatic rings. The van der Waals surface area contributed by atoms with Crippen molar-refractivity contribution < 1.29 is 9.67 Å². The van der Waals surface area contributed by atoms with Gasteiger partial charge in [-0.2, -0.15) is 0 Å². The molecule has 0 bridgehead atoms. The first-order valence-corrected chi connectivity index (χ1v) is 2.88. The van der Waals surface area contributed by atoms with Crippen LogP contribution in [0.25, 0.3) is 0 Å². The largest absolute Gasteiger partial charge is 0.392 e. The van der Waals surface area contributed by atoms with E-state index >= 15 is 0 Å². The van der Waals surface area contributed by atoms with Crippen LogP contribution < -0.4 is 4.57 Å². The molecule has 0 radical (unpaired) electrons. The molecule has 2 nitrogen and oxygen atoms in total. The van der Waals surface area contributed by atoms with Crippen LogP contribution in [0.1, 0.15) is 5.56 Å². The zero-order valence-electron chi connectivity index (χ0n) is 5.41. The first-order valence-electron chi connectivity index (χ1n) is 2.88. The minimum Gasteiger partial charge on any atom is -0.392 e. The number of hydrogen-bond acceptors (Lipinski definition) is 1. The minimum atomic E-state index is 0.126. The number of rotatable bonds is 1. The number of aromatic nitrogens is 1. The maximum atomic E-state index is 8.62. The van der Waals surface area contributed by atoms with Crippen molar-refractivity contribution in [3.63, 3.8) is 0 Å². The Bertz CT molecular complexity index is 181. The second-order valence-corrected chi connectivity index (χ2v) is 2.03. The lowest BCUT2D eigenvalue weighted by atomic mass is 10.3. The van der Waals surface area contributed by atoms with Crippen molar-refractivity contribution in [2.45, 2.75) is 6.61 Å². The summed E-state index contributed by atoms with van der Waals surface area (Å²) in [5.41, 5.74) is 0.952. The topological polar surface area (TPSA) is 24.1 Å². The fourth-order valence-electron chi connectivity index (χ4n) is 0.637. The van der Waals surface area contributed by atoms with Gasteiger partial charge in [-0.3, -0.25) is 0 Å². The van der Waals surface area contributed by atoms with Crippen LogP contribution in [-0.4, -0.2) is 5.11 Å². The SMILES string of the molecule is C[n+]1ccc(CO)cc1. The summed E-state index contributed by atoms with van der Waals surface area (Å²) in [6.45, 7) is 0.126. The average molecular weight is 124 g/mol. The lowest BCUT2D eigenvalue weighted by molar-refractivity contribution is -0.671. The summed E-state index contributed by atoms with van der Waals surface area (Å²) < 4.78 is 1.93. The van der Waals surface area contributed by atoms with Gasteiger partial charge in [0.15, 0.2) is 12.4 Å². The summed E-state index contributed by atoms with van der Waals surface area (Å²) in [5.74, 6) is 0. The predicted molar refractivity (Wildman–Crippen MR) is 33.5 cm³/mol. The van der Waals surface area contributed by atoms with Crippen LogP contribution in [0.15, 0.2) is 24.5 Å². The summed E-state index contributed by atoms with van der Waals surface area (Å²) in [6, 6.07) is 3.78. The summed E-state index contributed by atoms with van der Waals surface area (Å²) in [6.07, 6.45) is 3.82. The molecule has 0 aliphatic heterocycles. The summed E-state index contributed by atoms with van der Waals surface area (Å²) in [7, 11) is 1.95. The van der Waals surface area contributed by atoms with E-state index in [2.05, 4.69) is 0 Å². The first-order chi connectivity index (χ1) is 4.33. The van der Waals surface area contributed by atoms with Crippen LogP contribution in [0.5, 0.6) is 0 Å². The van der Waals surface area contributed by atoms with Gasteiger partial charge in [0.1, 0.15) is 7.05 Å². The van der Waals surface area contributed by atoms with Gasteiger partial charge < -0.3 is 5.11 Å². The molecule has 0 amide bonds. The van der Waals surface area contributed by atoms with Gasteiger partial charge >= 0.3 is 0 Å². The number of nitrogens with zero attached hydrogens (tertiary/aromatic N) is 1. The van der Waals surface area contributed by atoms with Crippen molar-refractivity contribution >= 4 is 0 Å². The van der Waals surface area contributed by atoms with E-state index in [-0.39, 0.29) is 6.61 Å². The summed E-state index contributed by atoms with van der Waals surface area (Å²) in [5, 5.41) is 8.62. The zero-order chi connectivity index (χ0) is 6.69. The van der Waals surface area contributed by atoms with E-state index in [9.17, 15) is 0 Å². The molecule has 0 atom stereocenters. The highest BCUT2D eigenvalue weighted by atomic mass is 16.3. The van der Waals surface area contributed by atoms with Crippen molar-refractivity contribution in [2.75, 3.05) is 0 Å². The van der Waals surface area contributed by atoms with E-state index in [1.165, 1.54) is 0 Å². The van der Waals surface area contributed by atoms with E-state index < -0.39 is 0 Å². The van der Waals surface area contributed by atoms with Gasteiger partial charge in [0, 0.05) is 12.1 Å². The lowest BCUT2D eigenvalue weighted by Gasteiger charge is -1.89. The van der Waals surface area contributed by atoms with Crippen LogP contribution in [-0.2, 0) is 13.7 Å². The van der Waals surface area contributed by atoms with Gasteiger partial charge in [-0.1, -0.05) is 0 Å². The van der Waals surface area contributed by atoms with Crippen molar-refractivity contribution in [1.82, 2.24) is 0 Å². The number of aryl methyl sites for hydroxylation is 1. The highest BCUT2D eigenvalue weighted by Gasteiger charge is 1.90. The Morgan fingerprint density at radius 1 is 1.44 bits per heavy atom. The van der Waals surface area contributed by atoms with Crippen LogP contribution in [0.3, 0.4) is 0 Å². The van der Waals surface area contributed by atoms with Gasteiger partial charge in [0.25, 0.3) is 0 Å². The van der Waals surface area contributed by atoms with E-state index in [0.717, 1.165) is 5.56 Å². The molecule has 1 rings (SSSR count). The van der Waals surface area contributed by atoms with Crippen molar-refractivity contribution in [2.24, 2.45) is 7.05 Å². The maximum Gasteiger partial charge on any atom is 0.168 e. The highest BCUT2D eigenvalue weighted by Crippen LogP contribution is 1.91. The van der Waals surface area contributed by atoms with Crippen molar-refractivity contribution in [1.29, 1.82) is 0 Å². The number of aliphatic hydroxyl groups is 1. The quantitative estimate of drug-likeness (QED) is 0.524. The highest BCUT2D eigenvalue weighted by molar-refractivity contribution is 5.04. The molecule has 0 fully saturated rings. The Balaban J connectivity index is 2.88. The molecule has 2 heteroatoms. The second-order valence-electron chi connectivity index (χ2n) is 2.03. The first kappa shape index (κ1) is 6.23. The maximum absolute atomic E-state index is 8.62. The summed E-state index contributed by atoms with van der Waals surface area (Å²) in [4.78, 5) is 0. The number of hydrogen-bond donors (Lipinski definition) is 1. The van der Waals surface area contributed by atoms with E-state index in [1.54, 1.807) is 0 Å². The molecular weight excluding hydrogens is 114 g/mol. The fourth-order valence-corrected chi connectivity index (χ4v) is 0.637. The monoisotopic (exact) mass is 124 g/mol. The van der Waals surface area contributed by atoms with Gasteiger partial charge in [-0.15, -0.1) is 0 Å². The number of pyridine rings is 1. The van der Waals surface area contributed by atoms with Gasteiger partial charge in [-0.05, 0) is 5.56 Å². The Hall–Kier alpha value is -0.890. The van der Waals surface area contributed by atoms with E-state index in [1.807, 2.05) is 36.1 Å². The standard InChI is InChI=1S/C7H10NO/c1-8-4-2-7(6-9)3-5-8/h2-5,9H,6H2,1H3/q+1. The third-order valence-corrected chi connectivity index (χ3v) is 1.23.